The predicted octanol–water partition coefficient (Wildman–Crippen LogP) is 4.26. The first-order valence-corrected chi connectivity index (χ1v) is 5.96. The number of methoxy groups -OCH3 is 1. The average molecular weight is 236 g/mol. The van der Waals surface area contributed by atoms with Crippen molar-refractivity contribution in [3.05, 3.63) is 29.6 Å². The highest BCUT2D eigenvalue weighted by Gasteiger charge is 2.01. The first-order valence-electron chi connectivity index (χ1n) is 5.96. The Labute approximate surface area is 104 Å². The molecule has 1 rings (SSSR count). The number of halogens is 1. The lowest BCUT2D eigenvalue weighted by atomic mass is 10.1. The molecule has 0 aliphatic rings. The number of benzene rings is 1. The summed E-state index contributed by atoms with van der Waals surface area (Å²) in [6.45, 7) is 8.20. The summed E-state index contributed by atoms with van der Waals surface area (Å²) in [6, 6.07) is 4.75. The normalized spacial score (nSPS) is 8.88. The second-order valence-corrected chi connectivity index (χ2v) is 3.75. The highest BCUT2D eigenvalue weighted by Crippen LogP contribution is 2.16. The standard InChI is InChI=1S/C13H15FO.C2H6/c1-10(2)5-4-6-11-7-8-13(15-3)12(14)9-11;1-2/h7-10H,5H2,1-3H3;1-2H3. The first-order chi connectivity index (χ1) is 8.13. The van der Waals surface area contributed by atoms with Crippen molar-refractivity contribution < 1.29 is 9.13 Å². The average Bonchev–Trinajstić information content (AvgIpc) is 2.31. The van der Waals surface area contributed by atoms with Crippen LogP contribution in [0.5, 0.6) is 5.75 Å². The minimum atomic E-state index is -0.367. The molecule has 1 aromatic rings. The van der Waals surface area contributed by atoms with E-state index in [0.717, 1.165) is 6.42 Å². The van der Waals surface area contributed by atoms with Crippen LogP contribution in [0.4, 0.5) is 4.39 Å². The van der Waals surface area contributed by atoms with Gasteiger partial charge in [-0.3, -0.25) is 0 Å². The van der Waals surface area contributed by atoms with Crippen molar-refractivity contribution in [1.82, 2.24) is 0 Å². The summed E-state index contributed by atoms with van der Waals surface area (Å²) in [4.78, 5) is 0. The van der Waals surface area contributed by atoms with Crippen molar-refractivity contribution in [3.63, 3.8) is 0 Å². The fraction of sp³-hybridized carbons (Fsp3) is 0.467. The summed E-state index contributed by atoms with van der Waals surface area (Å²) in [5.41, 5.74) is 0.689. The molecule has 0 fully saturated rings. The third-order valence-corrected chi connectivity index (χ3v) is 1.89. The fourth-order valence-electron chi connectivity index (χ4n) is 1.10. The van der Waals surface area contributed by atoms with Crippen LogP contribution < -0.4 is 4.74 Å². The van der Waals surface area contributed by atoms with Crippen molar-refractivity contribution in [3.8, 4) is 17.6 Å². The number of hydrogen-bond acceptors (Lipinski definition) is 1. The molecule has 1 nitrogen and oxygen atoms in total. The van der Waals surface area contributed by atoms with Gasteiger partial charge in [-0.2, -0.15) is 0 Å². The van der Waals surface area contributed by atoms with Crippen LogP contribution in [0, 0.1) is 23.6 Å². The Morgan fingerprint density at radius 3 is 2.41 bits per heavy atom. The van der Waals surface area contributed by atoms with E-state index in [1.54, 1.807) is 12.1 Å². The molecule has 2 heteroatoms. The lowest BCUT2D eigenvalue weighted by Crippen LogP contribution is -1.88. The second kappa shape index (κ2) is 8.64. The van der Waals surface area contributed by atoms with E-state index in [4.69, 9.17) is 4.74 Å². The van der Waals surface area contributed by atoms with Crippen LogP contribution in [-0.2, 0) is 0 Å². The Kier molecular flexibility index (Phi) is 7.88. The lowest BCUT2D eigenvalue weighted by Gasteiger charge is -2.00. The number of ether oxygens (including phenoxy) is 1. The predicted molar refractivity (Wildman–Crippen MR) is 70.6 cm³/mol. The summed E-state index contributed by atoms with van der Waals surface area (Å²) < 4.78 is 18.1. The van der Waals surface area contributed by atoms with Crippen LogP contribution in [-0.4, -0.2) is 7.11 Å². The molecule has 0 aliphatic carbocycles. The zero-order chi connectivity index (χ0) is 13.3. The van der Waals surface area contributed by atoms with Crippen molar-refractivity contribution >= 4 is 0 Å². The molecule has 1 aromatic carbocycles. The monoisotopic (exact) mass is 236 g/mol. The summed E-state index contributed by atoms with van der Waals surface area (Å²) in [5.74, 6) is 6.36. The third-order valence-electron chi connectivity index (χ3n) is 1.89. The van der Waals surface area contributed by atoms with E-state index < -0.39 is 0 Å². The van der Waals surface area contributed by atoms with Gasteiger partial charge in [0.15, 0.2) is 11.6 Å². The molecule has 0 aliphatic heterocycles. The van der Waals surface area contributed by atoms with Gasteiger partial charge in [0.2, 0.25) is 0 Å². The molecule has 0 N–H and O–H groups in total. The van der Waals surface area contributed by atoms with Gasteiger partial charge in [0.1, 0.15) is 0 Å². The molecule has 0 amide bonds. The highest BCUT2D eigenvalue weighted by atomic mass is 19.1. The molecule has 0 spiro atoms. The van der Waals surface area contributed by atoms with Crippen molar-refractivity contribution in [2.24, 2.45) is 5.92 Å². The van der Waals surface area contributed by atoms with E-state index in [9.17, 15) is 4.39 Å². The Hall–Kier alpha value is -1.49. The van der Waals surface area contributed by atoms with E-state index in [-0.39, 0.29) is 11.6 Å². The summed E-state index contributed by atoms with van der Waals surface area (Å²) in [5, 5.41) is 0. The molecule has 0 aromatic heterocycles. The second-order valence-electron chi connectivity index (χ2n) is 3.75. The summed E-state index contributed by atoms with van der Waals surface area (Å²) in [7, 11) is 1.45. The van der Waals surface area contributed by atoms with Crippen molar-refractivity contribution in [1.29, 1.82) is 0 Å². The molecule has 94 valence electrons. The molecule has 0 atom stereocenters. The molecule has 0 saturated carbocycles. The smallest absolute Gasteiger partial charge is 0.166 e. The van der Waals surface area contributed by atoms with Gasteiger partial charge >= 0.3 is 0 Å². The Morgan fingerprint density at radius 2 is 1.94 bits per heavy atom. The molecule has 0 heterocycles. The van der Waals surface area contributed by atoms with Gasteiger partial charge in [0, 0.05) is 12.0 Å². The maximum Gasteiger partial charge on any atom is 0.166 e. The number of rotatable bonds is 2. The SMILES string of the molecule is CC.COc1ccc(C#CCC(C)C)cc1F. The van der Waals surface area contributed by atoms with Gasteiger partial charge in [-0.25, -0.2) is 4.39 Å². The van der Waals surface area contributed by atoms with E-state index in [0.29, 0.717) is 11.5 Å². The van der Waals surface area contributed by atoms with Gasteiger partial charge in [-0.15, -0.1) is 0 Å². The van der Waals surface area contributed by atoms with Crippen LogP contribution >= 0.6 is 0 Å². The van der Waals surface area contributed by atoms with Crippen LogP contribution in [0.1, 0.15) is 39.7 Å². The first kappa shape index (κ1) is 15.5. The van der Waals surface area contributed by atoms with E-state index in [1.807, 2.05) is 13.8 Å². The van der Waals surface area contributed by atoms with Crippen LogP contribution in [0.3, 0.4) is 0 Å². The van der Waals surface area contributed by atoms with Crippen molar-refractivity contribution in [2.45, 2.75) is 34.1 Å². The van der Waals surface area contributed by atoms with Gasteiger partial charge < -0.3 is 4.74 Å². The molecule has 17 heavy (non-hydrogen) atoms. The van der Waals surface area contributed by atoms with Gasteiger partial charge in [0.05, 0.1) is 7.11 Å². The Bertz CT molecular complexity index is 386. The van der Waals surface area contributed by atoms with E-state index >= 15 is 0 Å². The topological polar surface area (TPSA) is 9.23 Å². The maximum atomic E-state index is 13.2. The number of hydrogen-bond donors (Lipinski definition) is 0. The van der Waals surface area contributed by atoms with Crippen molar-refractivity contribution in [2.75, 3.05) is 7.11 Å². The Morgan fingerprint density at radius 1 is 1.29 bits per heavy atom. The zero-order valence-electron chi connectivity index (χ0n) is 11.3. The van der Waals surface area contributed by atoms with Gasteiger partial charge in [0.25, 0.3) is 0 Å². The van der Waals surface area contributed by atoms with E-state index in [2.05, 4.69) is 25.7 Å². The maximum absolute atomic E-state index is 13.2. The van der Waals surface area contributed by atoms with Gasteiger partial charge in [-0.1, -0.05) is 39.5 Å². The summed E-state index contributed by atoms with van der Waals surface area (Å²) >= 11 is 0. The van der Waals surface area contributed by atoms with Crippen LogP contribution in [0.25, 0.3) is 0 Å². The van der Waals surface area contributed by atoms with Gasteiger partial charge in [-0.05, 0) is 24.1 Å². The quantitative estimate of drug-likeness (QED) is 0.697. The molecule has 0 saturated heterocycles. The molecular formula is C15H21FO. The molecule has 0 bridgehead atoms. The van der Waals surface area contributed by atoms with Crippen LogP contribution in [0.15, 0.2) is 18.2 Å². The highest BCUT2D eigenvalue weighted by molar-refractivity contribution is 5.39. The molecular weight excluding hydrogens is 215 g/mol. The lowest BCUT2D eigenvalue weighted by molar-refractivity contribution is 0.386. The van der Waals surface area contributed by atoms with E-state index in [1.165, 1.54) is 13.2 Å². The minimum absolute atomic E-state index is 0.254. The van der Waals surface area contributed by atoms with Crippen LogP contribution in [0.2, 0.25) is 0 Å². The minimum Gasteiger partial charge on any atom is -0.494 e. The Balaban J connectivity index is 0.00000121. The largest absolute Gasteiger partial charge is 0.494 e. The molecule has 0 unspecified atom stereocenters. The third kappa shape index (κ3) is 5.97. The fourth-order valence-corrected chi connectivity index (χ4v) is 1.10. The summed E-state index contributed by atoms with van der Waals surface area (Å²) in [6.07, 6.45) is 0.827. The molecule has 0 radical (unpaired) electrons. The zero-order valence-corrected chi connectivity index (χ0v) is 11.3.